The van der Waals surface area contributed by atoms with Crippen LogP contribution in [0.2, 0.25) is 5.04 Å². The van der Waals surface area contributed by atoms with Crippen LogP contribution >= 0.6 is 11.3 Å². The van der Waals surface area contributed by atoms with Gasteiger partial charge in [-0.2, -0.15) is 10.2 Å². The number of aromatic nitrogens is 5. The number of aryl methyl sites for hydroxylation is 1. The van der Waals surface area contributed by atoms with Crippen LogP contribution in [-0.2, 0) is 26.4 Å². The minimum absolute atomic E-state index is 0.0556. The van der Waals surface area contributed by atoms with E-state index < -0.39 is 47.8 Å². The lowest BCUT2D eigenvalue weighted by Gasteiger charge is -2.42. The lowest BCUT2D eigenvalue weighted by Crippen LogP contribution is -2.66. The largest absolute Gasteiger partial charge is 0.496 e. The molecule has 12 nitrogen and oxygen atoms in total. The summed E-state index contributed by atoms with van der Waals surface area (Å²) in [6.07, 6.45) is 3.86. The second kappa shape index (κ2) is 18.9. The predicted molar refractivity (Wildman–Crippen MR) is 240 cm³/mol. The Morgan fingerprint density at radius 1 is 0.951 bits per heavy atom. The molecule has 0 aliphatic rings. The maximum atomic E-state index is 15.2. The van der Waals surface area contributed by atoms with Crippen LogP contribution < -0.4 is 26.4 Å². The number of hydrogen-bond donors (Lipinski definition) is 1. The number of carbonyl (C=O) groups excluding carboxylic acids is 1. The summed E-state index contributed by atoms with van der Waals surface area (Å²) < 4.78 is 35.6. The summed E-state index contributed by atoms with van der Waals surface area (Å²) in [7, 11) is -2.19. The smallest absolute Gasteiger partial charge is 0.333 e. The number of hydrogen-bond acceptors (Lipinski definition) is 10. The van der Waals surface area contributed by atoms with Gasteiger partial charge in [-0.05, 0) is 60.8 Å². The highest BCUT2D eigenvalue weighted by Gasteiger charge is 2.52. The summed E-state index contributed by atoms with van der Waals surface area (Å²) in [5.41, 5.74) is -2.24. The molecular weight excluding hydrogens is 814 g/mol. The molecule has 3 heterocycles. The lowest BCUT2D eigenvalue weighted by atomic mass is 9.91. The minimum Gasteiger partial charge on any atom is -0.496 e. The van der Waals surface area contributed by atoms with Gasteiger partial charge in [-0.3, -0.25) is 14.2 Å². The fourth-order valence-corrected chi connectivity index (χ4v) is 12.8. The van der Waals surface area contributed by atoms with Crippen LogP contribution in [0.3, 0.4) is 0 Å². The molecule has 1 N–H and O–H groups in total. The van der Waals surface area contributed by atoms with Crippen LogP contribution in [-0.4, -0.2) is 70.0 Å². The first kappa shape index (κ1) is 45.5. The van der Waals surface area contributed by atoms with E-state index in [2.05, 4.69) is 17.1 Å². The first-order valence-corrected chi connectivity index (χ1v) is 23.4. The fraction of sp³-hybridized carbons (Fsp3) is 0.413. The van der Waals surface area contributed by atoms with E-state index in [1.807, 2.05) is 81.4 Å². The Bertz CT molecular complexity index is 2520. The molecule has 0 aliphatic carbocycles. The first-order chi connectivity index (χ1) is 29.1. The molecule has 0 bridgehead atoms. The Labute approximate surface area is 360 Å². The topological polar surface area (TPSA) is 140 Å². The number of thiophene rings is 1. The number of fused-ring (bicyclic) bond motifs is 1. The molecule has 0 radical (unpaired) electrons. The summed E-state index contributed by atoms with van der Waals surface area (Å²) in [6.45, 7) is 13.8. The molecule has 0 saturated heterocycles. The van der Waals surface area contributed by atoms with Gasteiger partial charge in [0.15, 0.2) is 5.78 Å². The van der Waals surface area contributed by atoms with Crippen LogP contribution in [0.5, 0.6) is 5.75 Å². The van der Waals surface area contributed by atoms with Crippen molar-refractivity contribution in [2.75, 3.05) is 26.9 Å². The van der Waals surface area contributed by atoms with Crippen molar-refractivity contribution in [2.45, 2.75) is 91.0 Å². The molecule has 15 heteroatoms. The molecule has 6 rings (SSSR count). The van der Waals surface area contributed by atoms with Crippen LogP contribution in [0.15, 0.2) is 101 Å². The van der Waals surface area contributed by atoms with Crippen LogP contribution in [0, 0.1) is 18.7 Å². The number of rotatable bonds is 20. The van der Waals surface area contributed by atoms with Crippen LogP contribution in [0.4, 0.5) is 4.39 Å². The highest BCUT2D eigenvalue weighted by molar-refractivity contribution is 7.21. The van der Waals surface area contributed by atoms with Crippen molar-refractivity contribution in [1.82, 2.24) is 24.1 Å². The van der Waals surface area contributed by atoms with E-state index in [0.29, 0.717) is 39.9 Å². The zero-order valence-electron chi connectivity index (χ0n) is 36.2. The number of halogens is 1. The summed E-state index contributed by atoms with van der Waals surface area (Å²) in [5.74, 6) is -0.643. The molecule has 0 saturated carbocycles. The van der Waals surface area contributed by atoms with E-state index in [-0.39, 0.29) is 30.9 Å². The molecule has 324 valence electrons. The molecule has 3 aromatic heterocycles. The Hall–Kier alpha value is -5.06. The Balaban J connectivity index is 1.49. The quantitative estimate of drug-likeness (QED) is 0.0656. The van der Waals surface area contributed by atoms with Gasteiger partial charge in [0.05, 0.1) is 44.6 Å². The lowest BCUT2D eigenvalue weighted by molar-refractivity contribution is -0.127. The van der Waals surface area contributed by atoms with Gasteiger partial charge >= 0.3 is 5.69 Å². The number of unbranched alkanes of at least 4 members (excludes halogenated alkanes) is 1. The molecule has 6 aromatic rings. The second-order valence-corrected chi connectivity index (χ2v) is 21.7. The normalized spacial score (nSPS) is 13.4. The molecule has 0 amide bonds. The SMILES string of the molecule is CCCCOCC(C)CO[C@@H](Cn1c(=O)n(C(C)(C)C(=O)CC(C)(C)[Si](O)(c2ccccc2)c2ccccc2)c(=O)c2c(C)c(-n3nccn3)sc21)c1cc(F)ccc1OC. The van der Waals surface area contributed by atoms with Gasteiger partial charge in [-0.1, -0.05) is 106 Å². The van der Waals surface area contributed by atoms with Gasteiger partial charge in [0, 0.05) is 30.1 Å². The second-order valence-electron chi connectivity index (χ2n) is 16.8. The van der Waals surface area contributed by atoms with Crippen LogP contribution in [0.25, 0.3) is 15.2 Å². The molecule has 3 aromatic carbocycles. The van der Waals surface area contributed by atoms with Crippen molar-refractivity contribution >= 4 is 46.0 Å². The van der Waals surface area contributed by atoms with Gasteiger partial charge in [0.25, 0.3) is 13.9 Å². The molecule has 0 aliphatic heterocycles. The number of benzene rings is 3. The molecule has 0 spiro atoms. The summed E-state index contributed by atoms with van der Waals surface area (Å²) in [4.78, 5) is 59.7. The Morgan fingerprint density at radius 2 is 1.57 bits per heavy atom. The van der Waals surface area contributed by atoms with Crippen molar-refractivity contribution in [2.24, 2.45) is 5.92 Å². The van der Waals surface area contributed by atoms with E-state index in [1.165, 1.54) is 47.1 Å². The summed E-state index contributed by atoms with van der Waals surface area (Å²) in [6, 6.07) is 22.9. The number of ketones is 1. The first-order valence-electron chi connectivity index (χ1n) is 20.6. The third-order valence-electron chi connectivity index (χ3n) is 11.5. The van der Waals surface area contributed by atoms with Gasteiger partial charge in [-0.15, -0.1) is 4.80 Å². The number of carbonyl (C=O) groups is 1. The summed E-state index contributed by atoms with van der Waals surface area (Å²) in [5, 5.41) is 9.78. The highest BCUT2D eigenvalue weighted by atomic mass is 32.1. The molecular formula is C46H56FN5O7SSi. The minimum atomic E-state index is -3.67. The van der Waals surface area contributed by atoms with Crippen molar-refractivity contribution < 1.29 is 28.2 Å². The number of nitrogens with zero attached hydrogens (tertiary/aromatic N) is 5. The molecule has 0 fully saturated rings. The Kier molecular flexibility index (Phi) is 14.1. The van der Waals surface area contributed by atoms with Crippen molar-refractivity contribution in [3.63, 3.8) is 0 Å². The number of Topliss-reactive ketones (excluding diaryl/α,β-unsaturated/α-hetero) is 1. The van der Waals surface area contributed by atoms with Gasteiger partial charge in [0.1, 0.15) is 33.0 Å². The fourth-order valence-electron chi connectivity index (χ4n) is 7.90. The molecule has 61 heavy (non-hydrogen) atoms. The van der Waals surface area contributed by atoms with E-state index in [4.69, 9.17) is 14.2 Å². The van der Waals surface area contributed by atoms with Crippen LogP contribution in [0.1, 0.15) is 78.0 Å². The third kappa shape index (κ3) is 9.12. The predicted octanol–water partition coefficient (Wildman–Crippen LogP) is 6.70. The van der Waals surface area contributed by atoms with Gasteiger partial charge in [-0.25, -0.2) is 13.8 Å². The highest BCUT2D eigenvalue weighted by Crippen LogP contribution is 2.41. The van der Waals surface area contributed by atoms with E-state index in [9.17, 15) is 14.4 Å². The standard InChI is InChI=1S/C46H56FN5O7SSi/c1-9-10-25-58-29-31(2)30-59-38(36-26-33(47)21-22-37(36)57-8)28-50-43-40(32(3)42(60-43)52-48-23-24-49-52)41(54)51(44(50)55)46(6,7)39(53)27-45(4,5)61(56,34-17-13-11-14-18-34)35-19-15-12-16-20-35/h11-24,26,31,38,56H,9-10,25,27-30H2,1-8H3/t31?,38-/m0/s1. The van der Waals surface area contributed by atoms with E-state index in [1.54, 1.807) is 20.8 Å². The van der Waals surface area contributed by atoms with Crippen molar-refractivity contribution in [3.8, 4) is 10.8 Å². The third-order valence-corrected chi connectivity index (χ3v) is 17.3. The van der Waals surface area contributed by atoms with E-state index >= 15 is 9.18 Å². The number of ether oxygens (including phenoxy) is 3. The molecule has 1 unspecified atom stereocenters. The van der Waals surface area contributed by atoms with Gasteiger partial charge in [0.2, 0.25) is 0 Å². The zero-order valence-corrected chi connectivity index (χ0v) is 38.0. The average Bonchev–Trinajstić information content (AvgIpc) is 3.90. The average molecular weight is 870 g/mol. The monoisotopic (exact) mass is 869 g/mol. The Morgan fingerprint density at radius 3 is 2.16 bits per heavy atom. The van der Waals surface area contributed by atoms with E-state index in [0.717, 1.165) is 39.1 Å². The molecule has 2 atom stereocenters. The number of methoxy groups -OCH3 is 1. The maximum absolute atomic E-state index is 15.2. The maximum Gasteiger partial charge on any atom is 0.333 e. The van der Waals surface area contributed by atoms with Crippen molar-refractivity contribution in [3.05, 3.63) is 129 Å². The summed E-state index contributed by atoms with van der Waals surface area (Å²) >= 11 is 1.16. The zero-order chi connectivity index (χ0) is 44.1. The van der Waals surface area contributed by atoms with Gasteiger partial charge < -0.3 is 19.0 Å². The van der Waals surface area contributed by atoms with Crippen molar-refractivity contribution in [1.29, 1.82) is 0 Å².